The monoisotopic (exact) mass is 364 g/mol. The summed E-state index contributed by atoms with van der Waals surface area (Å²) in [6, 6.07) is -0.494. The summed E-state index contributed by atoms with van der Waals surface area (Å²) in [5.74, 6) is -0.282. The standard InChI is InChI=1S/C21H43NO2.Na/c1-3-4-5-6-7-8-9-10-11-12-13-14-15-16-17-18-19-24-21(23)20(2)22;/h20H,3-19,22H2,1-2H3;/t20-;/m0./s1. The number of esters is 1. The number of rotatable bonds is 18. The maximum atomic E-state index is 11.2. The Morgan fingerprint density at radius 3 is 1.36 bits per heavy atom. The summed E-state index contributed by atoms with van der Waals surface area (Å²) >= 11 is 0. The van der Waals surface area contributed by atoms with E-state index in [-0.39, 0.29) is 35.5 Å². The summed E-state index contributed by atoms with van der Waals surface area (Å²) in [5, 5.41) is 0. The molecule has 0 saturated heterocycles. The molecule has 0 unspecified atom stereocenters. The van der Waals surface area contributed by atoms with Crippen LogP contribution in [0.15, 0.2) is 0 Å². The van der Waals surface area contributed by atoms with Crippen LogP contribution in [0.1, 0.15) is 117 Å². The third kappa shape index (κ3) is 22.4. The van der Waals surface area contributed by atoms with Crippen molar-refractivity contribution in [1.82, 2.24) is 0 Å². The second-order valence-corrected chi connectivity index (χ2v) is 7.26. The van der Waals surface area contributed by atoms with Crippen molar-refractivity contribution >= 4 is 35.5 Å². The molecule has 0 fully saturated rings. The Morgan fingerprint density at radius 2 is 1.04 bits per heavy atom. The van der Waals surface area contributed by atoms with Crippen LogP contribution >= 0.6 is 0 Å². The minimum Gasteiger partial charge on any atom is -0.465 e. The van der Waals surface area contributed by atoms with E-state index in [1.54, 1.807) is 6.92 Å². The molecule has 0 aromatic carbocycles. The normalized spacial score (nSPS) is 11.8. The zero-order valence-corrected chi connectivity index (χ0v) is 19.5. The van der Waals surface area contributed by atoms with Gasteiger partial charge in [-0.25, -0.2) is 0 Å². The Kier molecular flexibility index (Phi) is 24.9. The van der Waals surface area contributed by atoms with Crippen LogP contribution in [0.2, 0.25) is 0 Å². The first-order valence-electron chi connectivity index (χ1n) is 10.6. The Morgan fingerprint density at radius 1 is 0.720 bits per heavy atom. The first-order chi connectivity index (χ1) is 11.7. The van der Waals surface area contributed by atoms with Crippen LogP contribution in [0.3, 0.4) is 0 Å². The van der Waals surface area contributed by atoms with E-state index in [2.05, 4.69) is 6.92 Å². The van der Waals surface area contributed by atoms with Crippen molar-refractivity contribution in [3.8, 4) is 0 Å². The average molecular weight is 365 g/mol. The van der Waals surface area contributed by atoms with Crippen LogP contribution in [-0.4, -0.2) is 48.2 Å². The molecule has 0 aliphatic rings. The molecule has 4 heteroatoms. The fourth-order valence-electron chi connectivity index (χ4n) is 2.95. The minimum absolute atomic E-state index is 0. The molecule has 2 N–H and O–H groups in total. The molecule has 0 spiro atoms. The molecular formula is C21H43NNaO2. The van der Waals surface area contributed by atoms with E-state index in [9.17, 15) is 4.79 Å². The van der Waals surface area contributed by atoms with Crippen LogP contribution in [0.5, 0.6) is 0 Å². The quantitative estimate of drug-likeness (QED) is 0.191. The van der Waals surface area contributed by atoms with E-state index >= 15 is 0 Å². The third-order valence-corrected chi connectivity index (χ3v) is 4.61. The van der Waals surface area contributed by atoms with Gasteiger partial charge in [-0.1, -0.05) is 103 Å². The molecule has 0 aliphatic heterocycles. The Labute approximate surface area is 179 Å². The number of carbonyl (C=O) groups excluding carboxylic acids is 1. The molecule has 1 atom stereocenters. The molecule has 0 bridgehead atoms. The zero-order valence-electron chi connectivity index (χ0n) is 17.5. The summed E-state index contributed by atoms with van der Waals surface area (Å²) in [4.78, 5) is 11.2. The van der Waals surface area contributed by atoms with E-state index in [0.717, 1.165) is 12.8 Å². The second kappa shape index (κ2) is 22.5. The van der Waals surface area contributed by atoms with Crippen molar-refractivity contribution in [2.24, 2.45) is 5.73 Å². The van der Waals surface area contributed by atoms with Gasteiger partial charge in [0.25, 0.3) is 0 Å². The molecule has 0 saturated carbocycles. The van der Waals surface area contributed by atoms with Crippen LogP contribution in [-0.2, 0) is 9.53 Å². The Hall–Kier alpha value is 0.430. The van der Waals surface area contributed by atoms with Crippen molar-refractivity contribution in [3.05, 3.63) is 0 Å². The third-order valence-electron chi connectivity index (χ3n) is 4.61. The maximum absolute atomic E-state index is 11.2. The van der Waals surface area contributed by atoms with Gasteiger partial charge in [0.2, 0.25) is 0 Å². The van der Waals surface area contributed by atoms with Gasteiger partial charge in [-0.2, -0.15) is 0 Å². The molecule has 25 heavy (non-hydrogen) atoms. The first kappa shape index (κ1) is 27.6. The molecule has 0 amide bonds. The van der Waals surface area contributed by atoms with E-state index in [1.807, 2.05) is 0 Å². The van der Waals surface area contributed by atoms with Crippen LogP contribution in [0.4, 0.5) is 0 Å². The van der Waals surface area contributed by atoms with Gasteiger partial charge in [0.05, 0.1) is 6.61 Å². The van der Waals surface area contributed by atoms with E-state index in [1.165, 1.54) is 89.9 Å². The molecular weight excluding hydrogens is 321 g/mol. The van der Waals surface area contributed by atoms with Gasteiger partial charge in [0, 0.05) is 29.6 Å². The van der Waals surface area contributed by atoms with Gasteiger partial charge in [-0.3, -0.25) is 4.79 Å². The molecule has 0 heterocycles. The van der Waals surface area contributed by atoms with Gasteiger partial charge in [0.15, 0.2) is 0 Å². The summed E-state index contributed by atoms with van der Waals surface area (Å²) in [7, 11) is 0. The number of unbranched alkanes of at least 4 members (excludes halogenated alkanes) is 15. The van der Waals surface area contributed by atoms with Gasteiger partial charge in [-0.05, 0) is 13.3 Å². The van der Waals surface area contributed by atoms with Crippen molar-refractivity contribution in [1.29, 1.82) is 0 Å². The second-order valence-electron chi connectivity index (χ2n) is 7.26. The molecule has 3 nitrogen and oxygen atoms in total. The van der Waals surface area contributed by atoms with E-state index < -0.39 is 6.04 Å². The van der Waals surface area contributed by atoms with Crippen LogP contribution < -0.4 is 5.73 Å². The predicted octanol–water partition coefficient (Wildman–Crippen LogP) is 5.76. The number of ether oxygens (including phenoxy) is 1. The van der Waals surface area contributed by atoms with Crippen molar-refractivity contribution in [2.45, 2.75) is 123 Å². The smallest absolute Gasteiger partial charge is 0.322 e. The topological polar surface area (TPSA) is 52.3 Å². The molecule has 145 valence electrons. The van der Waals surface area contributed by atoms with Gasteiger partial charge < -0.3 is 10.5 Å². The number of carbonyl (C=O) groups is 1. The summed E-state index contributed by atoms with van der Waals surface area (Å²) in [6.07, 6.45) is 21.7. The number of hydrogen-bond acceptors (Lipinski definition) is 3. The summed E-state index contributed by atoms with van der Waals surface area (Å²) in [5.41, 5.74) is 5.43. The fourth-order valence-corrected chi connectivity index (χ4v) is 2.95. The first-order valence-corrected chi connectivity index (χ1v) is 10.6. The summed E-state index contributed by atoms with van der Waals surface area (Å²) < 4.78 is 5.06. The SMILES string of the molecule is CCCCCCCCCCCCCCCCCCOC(=O)[C@H](C)N.[Na]. The number of nitrogens with two attached hydrogens (primary N) is 1. The average Bonchev–Trinajstić information content (AvgIpc) is 2.57. The Balaban J connectivity index is 0. The van der Waals surface area contributed by atoms with E-state index in [0.29, 0.717) is 6.61 Å². The molecule has 0 rings (SSSR count). The molecule has 0 aromatic rings. The molecule has 1 radical (unpaired) electrons. The number of hydrogen-bond donors (Lipinski definition) is 1. The van der Waals surface area contributed by atoms with E-state index in [4.69, 9.17) is 10.5 Å². The van der Waals surface area contributed by atoms with Crippen LogP contribution in [0, 0.1) is 0 Å². The van der Waals surface area contributed by atoms with Gasteiger partial charge >= 0.3 is 5.97 Å². The predicted molar refractivity (Wildman–Crippen MR) is 110 cm³/mol. The minimum atomic E-state index is -0.494. The Bertz CT molecular complexity index is 273. The molecule has 0 aliphatic carbocycles. The van der Waals surface area contributed by atoms with Crippen LogP contribution in [0.25, 0.3) is 0 Å². The van der Waals surface area contributed by atoms with Crippen molar-refractivity contribution in [2.75, 3.05) is 6.61 Å². The van der Waals surface area contributed by atoms with Gasteiger partial charge in [0.1, 0.15) is 6.04 Å². The fraction of sp³-hybridized carbons (Fsp3) is 0.952. The largest absolute Gasteiger partial charge is 0.465 e. The zero-order chi connectivity index (χ0) is 17.9. The van der Waals surface area contributed by atoms with Crippen molar-refractivity contribution in [3.63, 3.8) is 0 Å². The summed E-state index contributed by atoms with van der Waals surface area (Å²) in [6.45, 7) is 4.47. The molecule has 0 aromatic heterocycles. The maximum Gasteiger partial charge on any atom is 0.322 e. The van der Waals surface area contributed by atoms with Crippen molar-refractivity contribution < 1.29 is 9.53 Å². The van der Waals surface area contributed by atoms with Gasteiger partial charge in [-0.15, -0.1) is 0 Å².